The van der Waals surface area contributed by atoms with Crippen molar-refractivity contribution in [2.45, 2.75) is 9.79 Å². The molecule has 1 aromatic rings. The molecule has 4 nitrogen and oxygen atoms in total. The van der Waals surface area contributed by atoms with Gasteiger partial charge in [-0.3, -0.25) is 10.8 Å². The summed E-state index contributed by atoms with van der Waals surface area (Å²) in [6.45, 7) is 0. The monoisotopic (exact) mass is 226 g/mol. The van der Waals surface area contributed by atoms with Gasteiger partial charge in [0.05, 0.1) is 0 Å². The van der Waals surface area contributed by atoms with Crippen molar-refractivity contribution in [1.29, 1.82) is 10.8 Å². The molecule has 1 rings (SSSR count). The maximum Gasteiger partial charge on any atom is 0.155 e. The summed E-state index contributed by atoms with van der Waals surface area (Å²) >= 11 is 2.35. The van der Waals surface area contributed by atoms with E-state index in [1.54, 1.807) is 0 Å². The summed E-state index contributed by atoms with van der Waals surface area (Å²) in [4.78, 5) is 1.76. The third-order valence-electron chi connectivity index (χ3n) is 1.26. The van der Waals surface area contributed by atoms with E-state index in [-0.39, 0.29) is 10.3 Å². The van der Waals surface area contributed by atoms with Gasteiger partial charge in [0.1, 0.15) is 0 Å². The first-order valence-electron chi connectivity index (χ1n) is 3.72. The van der Waals surface area contributed by atoms with Gasteiger partial charge in [0.2, 0.25) is 0 Å². The summed E-state index contributed by atoms with van der Waals surface area (Å²) < 4.78 is 0. The van der Waals surface area contributed by atoms with Crippen molar-refractivity contribution in [3.05, 3.63) is 24.3 Å². The van der Waals surface area contributed by atoms with Crippen LogP contribution in [-0.2, 0) is 0 Å². The Balaban J connectivity index is 2.78. The van der Waals surface area contributed by atoms with Crippen molar-refractivity contribution < 1.29 is 0 Å². The fourth-order valence-corrected chi connectivity index (χ4v) is 2.10. The Kier molecular flexibility index (Phi) is 3.84. The molecule has 0 atom stereocenters. The van der Waals surface area contributed by atoms with E-state index in [0.717, 1.165) is 9.79 Å². The summed E-state index contributed by atoms with van der Waals surface area (Å²) in [5.74, 6) is 0. The van der Waals surface area contributed by atoms with Crippen LogP contribution in [0.1, 0.15) is 0 Å². The molecule has 0 spiro atoms. The van der Waals surface area contributed by atoms with Crippen LogP contribution in [0.5, 0.6) is 0 Å². The summed E-state index contributed by atoms with van der Waals surface area (Å²) in [6, 6.07) is 7.40. The highest BCUT2D eigenvalue weighted by molar-refractivity contribution is 8.14. The van der Waals surface area contributed by atoms with E-state index in [9.17, 15) is 0 Å². The third kappa shape index (κ3) is 3.71. The predicted molar refractivity (Wildman–Crippen MR) is 62.0 cm³/mol. The lowest BCUT2D eigenvalue weighted by molar-refractivity contribution is 1.34. The first-order valence-corrected chi connectivity index (χ1v) is 5.35. The van der Waals surface area contributed by atoms with Crippen molar-refractivity contribution in [1.82, 2.24) is 0 Å². The van der Waals surface area contributed by atoms with E-state index in [0.29, 0.717) is 0 Å². The molecule has 0 radical (unpaired) electrons. The van der Waals surface area contributed by atoms with Gasteiger partial charge in [-0.05, 0) is 18.2 Å². The van der Waals surface area contributed by atoms with Crippen LogP contribution in [-0.4, -0.2) is 10.3 Å². The number of nitrogens with one attached hydrogen (secondary N) is 2. The van der Waals surface area contributed by atoms with E-state index in [1.165, 1.54) is 23.5 Å². The molecule has 6 N–H and O–H groups in total. The summed E-state index contributed by atoms with van der Waals surface area (Å²) in [7, 11) is 0. The lowest BCUT2D eigenvalue weighted by Crippen LogP contribution is -2.04. The molecule has 0 unspecified atom stereocenters. The molecule has 0 amide bonds. The van der Waals surface area contributed by atoms with Crippen molar-refractivity contribution >= 4 is 33.9 Å². The van der Waals surface area contributed by atoms with Gasteiger partial charge in [-0.2, -0.15) is 0 Å². The predicted octanol–water partition coefficient (Wildman–Crippen LogP) is 1.66. The Morgan fingerprint density at radius 2 is 1.43 bits per heavy atom. The van der Waals surface area contributed by atoms with Gasteiger partial charge in [-0.25, -0.2) is 0 Å². The molecule has 0 saturated carbocycles. The van der Waals surface area contributed by atoms with Crippen molar-refractivity contribution in [3.8, 4) is 0 Å². The van der Waals surface area contributed by atoms with Gasteiger partial charge in [-0.15, -0.1) is 0 Å². The zero-order chi connectivity index (χ0) is 10.6. The van der Waals surface area contributed by atoms with E-state index in [2.05, 4.69) is 0 Å². The van der Waals surface area contributed by atoms with E-state index < -0.39 is 0 Å². The number of nitrogens with two attached hydrogens (primary N) is 2. The minimum absolute atomic E-state index is 0.0509. The molecule has 14 heavy (non-hydrogen) atoms. The number of hydrogen-bond acceptors (Lipinski definition) is 4. The maximum absolute atomic E-state index is 7.11. The Morgan fingerprint density at radius 3 is 1.79 bits per heavy atom. The summed E-state index contributed by atoms with van der Waals surface area (Å²) in [6.07, 6.45) is 0. The van der Waals surface area contributed by atoms with Crippen molar-refractivity contribution in [2.75, 3.05) is 0 Å². The smallest absolute Gasteiger partial charge is 0.155 e. The van der Waals surface area contributed by atoms with Crippen LogP contribution in [0.3, 0.4) is 0 Å². The normalized spacial score (nSPS) is 9.71. The molecule has 0 aliphatic heterocycles. The number of hydrogen-bond donors (Lipinski definition) is 4. The van der Waals surface area contributed by atoms with Gasteiger partial charge in [-0.1, -0.05) is 29.6 Å². The molecule has 0 heterocycles. The number of benzene rings is 1. The molecule has 1 aromatic carbocycles. The highest BCUT2D eigenvalue weighted by atomic mass is 32.2. The number of thioether (sulfide) groups is 2. The Bertz CT molecular complexity index is 333. The van der Waals surface area contributed by atoms with Crippen LogP contribution in [0.15, 0.2) is 34.1 Å². The molecule has 74 valence electrons. The Labute approximate surface area is 90.5 Å². The topological polar surface area (TPSA) is 99.7 Å². The first kappa shape index (κ1) is 10.9. The standard InChI is InChI=1S/C8H10N4S2/c9-7(10)13-5-2-1-3-6(4-5)14-8(11)12/h1-4H,(H3,9,10)(H3,11,12). The fourth-order valence-electron chi connectivity index (χ4n) is 0.855. The quantitative estimate of drug-likeness (QED) is 0.350. The fraction of sp³-hybridized carbons (Fsp3) is 0. The number of rotatable bonds is 2. The van der Waals surface area contributed by atoms with Gasteiger partial charge < -0.3 is 11.5 Å². The molecule has 0 bridgehead atoms. The molecule has 0 saturated heterocycles. The minimum Gasteiger partial charge on any atom is -0.378 e. The molecular formula is C8H10N4S2. The zero-order valence-electron chi connectivity index (χ0n) is 7.28. The van der Waals surface area contributed by atoms with Crippen LogP contribution in [0.25, 0.3) is 0 Å². The van der Waals surface area contributed by atoms with Crippen LogP contribution < -0.4 is 11.5 Å². The molecule has 0 aliphatic carbocycles. The second kappa shape index (κ2) is 4.92. The van der Waals surface area contributed by atoms with Gasteiger partial charge in [0.15, 0.2) is 10.3 Å². The van der Waals surface area contributed by atoms with E-state index >= 15 is 0 Å². The lowest BCUT2D eigenvalue weighted by Gasteiger charge is -2.02. The molecular weight excluding hydrogens is 216 g/mol. The van der Waals surface area contributed by atoms with Gasteiger partial charge in [0, 0.05) is 9.79 Å². The van der Waals surface area contributed by atoms with Crippen molar-refractivity contribution in [3.63, 3.8) is 0 Å². The van der Waals surface area contributed by atoms with Crippen molar-refractivity contribution in [2.24, 2.45) is 11.5 Å². The zero-order valence-corrected chi connectivity index (χ0v) is 8.91. The summed E-state index contributed by atoms with van der Waals surface area (Å²) in [5.41, 5.74) is 10.5. The van der Waals surface area contributed by atoms with Gasteiger partial charge >= 0.3 is 0 Å². The average Bonchev–Trinajstić information content (AvgIpc) is 2.01. The van der Waals surface area contributed by atoms with Crippen LogP contribution in [0.2, 0.25) is 0 Å². The minimum atomic E-state index is 0.0509. The highest BCUT2D eigenvalue weighted by Gasteiger charge is 2.00. The second-order valence-corrected chi connectivity index (χ2v) is 4.64. The highest BCUT2D eigenvalue weighted by Crippen LogP contribution is 2.24. The molecule has 0 aromatic heterocycles. The molecule has 6 heteroatoms. The van der Waals surface area contributed by atoms with Crippen LogP contribution in [0, 0.1) is 10.8 Å². The maximum atomic E-state index is 7.11. The molecule has 0 fully saturated rings. The van der Waals surface area contributed by atoms with E-state index in [1.807, 2.05) is 24.3 Å². The average molecular weight is 226 g/mol. The van der Waals surface area contributed by atoms with Gasteiger partial charge in [0.25, 0.3) is 0 Å². The largest absolute Gasteiger partial charge is 0.378 e. The van der Waals surface area contributed by atoms with Crippen LogP contribution in [0.4, 0.5) is 0 Å². The van der Waals surface area contributed by atoms with E-state index in [4.69, 9.17) is 22.3 Å². The third-order valence-corrected chi connectivity index (χ3v) is 2.68. The Morgan fingerprint density at radius 1 is 1.00 bits per heavy atom. The Hall–Kier alpha value is -1.14. The second-order valence-electron chi connectivity index (χ2n) is 2.41. The van der Waals surface area contributed by atoms with Crippen LogP contribution >= 0.6 is 23.5 Å². The summed E-state index contributed by atoms with van der Waals surface area (Å²) in [5, 5.41) is 14.3. The SMILES string of the molecule is N=C(N)Sc1cccc(SC(=N)N)c1. The first-order chi connectivity index (χ1) is 6.58. The molecule has 0 aliphatic rings. The lowest BCUT2D eigenvalue weighted by atomic mass is 10.4. The number of amidine groups is 2.